The number of sulfonamides is 1. The van der Waals surface area contributed by atoms with E-state index < -0.39 is 15.6 Å². The van der Waals surface area contributed by atoms with E-state index in [9.17, 15) is 8.42 Å². The zero-order valence-electron chi connectivity index (χ0n) is 10.7. The summed E-state index contributed by atoms with van der Waals surface area (Å²) in [5.41, 5.74) is 5.80. The van der Waals surface area contributed by atoms with Crippen molar-refractivity contribution in [2.45, 2.75) is 42.5 Å². The molecule has 0 aromatic heterocycles. The maximum Gasteiger partial charge on any atom is 0.242 e. The molecule has 0 heterocycles. The minimum Gasteiger partial charge on any atom is -0.324 e. The van der Waals surface area contributed by atoms with Crippen LogP contribution in [0.3, 0.4) is 0 Å². The van der Waals surface area contributed by atoms with Crippen LogP contribution in [0.25, 0.3) is 0 Å². The molecule has 1 saturated carbocycles. The summed E-state index contributed by atoms with van der Waals surface area (Å²) in [7, 11) is -3.59. The Morgan fingerprint density at radius 1 is 1.21 bits per heavy atom. The van der Waals surface area contributed by atoms with Gasteiger partial charge in [0, 0.05) is 12.1 Å². The zero-order valence-corrected chi connectivity index (χ0v) is 12.3. The molecule has 6 heteroatoms. The van der Waals surface area contributed by atoms with Crippen LogP contribution in [0.5, 0.6) is 0 Å². The highest BCUT2D eigenvalue weighted by Gasteiger charge is 2.29. The number of halogens is 1. The van der Waals surface area contributed by atoms with Gasteiger partial charge in [-0.15, -0.1) is 0 Å². The maximum atomic E-state index is 12.2. The summed E-state index contributed by atoms with van der Waals surface area (Å²) < 4.78 is 27.0. The summed E-state index contributed by atoms with van der Waals surface area (Å²) in [6, 6.07) is 6.41. The Morgan fingerprint density at radius 3 is 2.47 bits per heavy atom. The molecule has 1 aromatic carbocycles. The van der Waals surface area contributed by atoms with E-state index in [1.807, 2.05) is 0 Å². The second kappa shape index (κ2) is 5.79. The van der Waals surface area contributed by atoms with Crippen molar-refractivity contribution in [3.05, 3.63) is 29.3 Å². The van der Waals surface area contributed by atoms with Gasteiger partial charge >= 0.3 is 0 Å². The first-order valence-electron chi connectivity index (χ1n) is 6.46. The van der Waals surface area contributed by atoms with Crippen LogP contribution < -0.4 is 10.5 Å². The molecule has 1 aromatic rings. The van der Waals surface area contributed by atoms with Crippen molar-refractivity contribution in [2.24, 2.45) is 5.73 Å². The highest BCUT2D eigenvalue weighted by atomic mass is 35.5. The molecule has 0 saturated heterocycles. The zero-order chi connectivity index (χ0) is 13.9. The number of hydrogen-bond acceptors (Lipinski definition) is 3. The van der Waals surface area contributed by atoms with Gasteiger partial charge in [-0.05, 0) is 25.0 Å². The standard InChI is InChI=1S/C13H19ClN2O2S/c14-11-6-2-3-7-12(11)19(17,18)16-10-13(15)8-4-1-5-9-13/h2-3,6-7,16H,1,4-5,8-10,15H2. The number of hydrogen-bond donors (Lipinski definition) is 2. The SMILES string of the molecule is NC1(CNS(=O)(=O)c2ccccc2Cl)CCCCC1. The van der Waals surface area contributed by atoms with E-state index in [0.717, 1.165) is 25.7 Å². The molecule has 19 heavy (non-hydrogen) atoms. The van der Waals surface area contributed by atoms with Crippen LogP contribution >= 0.6 is 11.6 Å². The lowest BCUT2D eigenvalue weighted by atomic mass is 9.83. The molecule has 0 amide bonds. The molecule has 1 aliphatic rings. The van der Waals surface area contributed by atoms with E-state index in [1.54, 1.807) is 18.2 Å². The van der Waals surface area contributed by atoms with Crippen molar-refractivity contribution in [2.75, 3.05) is 6.54 Å². The van der Waals surface area contributed by atoms with Crippen molar-refractivity contribution in [3.8, 4) is 0 Å². The average Bonchev–Trinajstić information content (AvgIpc) is 2.38. The molecule has 0 spiro atoms. The van der Waals surface area contributed by atoms with Gasteiger partial charge in [0.25, 0.3) is 0 Å². The smallest absolute Gasteiger partial charge is 0.242 e. The molecule has 0 unspecified atom stereocenters. The van der Waals surface area contributed by atoms with Gasteiger partial charge in [-0.1, -0.05) is 43.0 Å². The normalized spacial score (nSPS) is 19.3. The first-order chi connectivity index (χ1) is 8.93. The van der Waals surface area contributed by atoms with Crippen molar-refractivity contribution >= 4 is 21.6 Å². The third-order valence-corrected chi connectivity index (χ3v) is 5.49. The summed E-state index contributed by atoms with van der Waals surface area (Å²) in [6.07, 6.45) is 5.01. The van der Waals surface area contributed by atoms with Gasteiger partial charge in [0.2, 0.25) is 10.0 Å². The van der Waals surface area contributed by atoms with Crippen LogP contribution in [-0.2, 0) is 10.0 Å². The molecule has 3 N–H and O–H groups in total. The molecule has 0 atom stereocenters. The van der Waals surface area contributed by atoms with E-state index in [1.165, 1.54) is 12.5 Å². The molecule has 1 fully saturated rings. The van der Waals surface area contributed by atoms with Crippen LogP contribution in [0, 0.1) is 0 Å². The molecular formula is C13H19ClN2O2S. The highest BCUT2D eigenvalue weighted by Crippen LogP contribution is 2.26. The quantitative estimate of drug-likeness (QED) is 0.896. The largest absolute Gasteiger partial charge is 0.324 e. The topological polar surface area (TPSA) is 72.2 Å². The lowest BCUT2D eigenvalue weighted by molar-refractivity contribution is 0.296. The number of nitrogens with one attached hydrogen (secondary N) is 1. The fourth-order valence-corrected chi connectivity index (χ4v) is 4.07. The second-order valence-corrected chi connectivity index (χ2v) is 7.32. The maximum absolute atomic E-state index is 12.2. The minimum atomic E-state index is -3.59. The third-order valence-electron chi connectivity index (χ3n) is 3.59. The lowest BCUT2D eigenvalue weighted by Gasteiger charge is -2.33. The van der Waals surface area contributed by atoms with Crippen LogP contribution in [0.2, 0.25) is 5.02 Å². The molecule has 0 radical (unpaired) electrons. The third kappa shape index (κ3) is 3.69. The van der Waals surface area contributed by atoms with Gasteiger partial charge < -0.3 is 5.73 Å². The highest BCUT2D eigenvalue weighted by molar-refractivity contribution is 7.89. The van der Waals surface area contributed by atoms with Crippen molar-refractivity contribution < 1.29 is 8.42 Å². The number of rotatable bonds is 4. The Bertz CT molecular complexity index is 539. The Balaban J connectivity index is 2.08. The molecule has 106 valence electrons. The van der Waals surface area contributed by atoms with Crippen LogP contribution in [0.1, 0.15) is 32.1 Å². The molecule has 2 rings (SSSR count). The van der Waals surface area contributed by atoms with E-state index in [4.69, 9.17) is 17.3 Å². The Morgan fingerprint density at radius 2 is 1.84 bits per heavy atom. The molecule has 4 nitrogen and oxygen atoms in total. The van der Waals surface area contributed by atoms with Gasteiger partial charge in [0.1, 0.15) is 4.90 Å². The monoisotopic (exact) mass is 302 g/mol. The van der Waals surface area contributed by atoms with Gasteiger partial charge in [-0.2, -0.15) is 0 Å². The summed E-state index contributed by atoms with van der Waals surface area (Å²) in [5, 5.41) is 0.227. The molecular weight excluding hydrogens is 284 g/mol. The van der Waals surface area contributed by atoms with Crippen molar-refractivity contribution in [1.82, 2.24) is 4.72 Å². The Labute approximate surface area is 119 Å². The summed E-state index contributed by atoms with van der Waals surface area (Å²) in [6.45, 7) is 0.264. The molecule has 0 bridgehead atoms. The fourth-order valence-electron chi connectivity index (χ4n) is 2.41. The van der Waals surface area contributed by atoms with Gasteiger partial charge in [-0.25, -0.2) is 13.1 Å². The average molecular weight is 303 g/mol. The predicted molar refractivity (Wildman–Crippen MR) is 76.6 cm³/mol. The van der Waals surface area contributed by atoms with Crippen molar-refractivity contribution in [1.29, 1.82) is 0 Å². The fraction of sp³-hybridized carbons (Fsp3) is 0.538. The van der Waals surface area contributed by atoms with Gasteiger partial charge in [0.05, 0.1) is 5.02 Å². The summed E-state index contributed by atoms with van der Waals surface area (Å²) in [4.78, 5) is 0.107. The lowest BCUT2D eigenvalue weighted by Crippen LogP contribution is -2.51. The van der Waals surface area contributed by atoms with Crippen LogP contribution in [0.15, 0.2) is 29.2 Å². The molecule has 1 aliphatic carbocycles. The summed E-state index contributed by atoms with van der Waals surface area (Å²) >= 11 is 5.91. The summed E-state index contributed by atoms with van der Waals surface area (Å²) in [5.74, 6) is 0. The van der Waals surface area contributed by atoms with Crippen LogP contribution in [0.4, 0.5) is 0 Å². The van der Waals surface area contributed by atoms with E-state index in [-0.39, 0.29) is 16.5 Å². The first-order valence-corrected chi connectivity index (χ1v) is 8.32. The van der Waals surface area contributed by atoms with Gasteiger partial charge in [-0.3, -0.25) is 0 Å². The van der Waals surface area contributed by atoms with Crippen LogP contribution in [-0.4, -0.2) is 20.5 Å². The predicted octanol–water partition coefficient (Wildman–Crippen LogP) is 2.28. The number of benzene rings is 1. The first kappa shape index (κ1) is 14.8. The minimum absolute atomic E-state index is 0.107. The second-order valence-electron chi connectivity index (χ2n) is 5.18. The van der Waals surface area contributed by atoms with E-state index >= 15 is 0 Å². The van der Waals surface area contributed by atoms with Crippen molar-refractivity contribution in [3.63, 3.8) is 0 Å². The number of nitrogens with two attached hydrogens (primary N) is 1. The van der Waals surface area contributed by atoms with Gasteiger partial charge in [0.15, 0.2) is 0 Å². The van der Waals surface area contributed by atoms with E-state index in [0.29, 0.717) is 0 Å². The Kier molecular flexibility index (Phi) is 4.50. The Hall–Kier alpha value is -0.620. The van der Waals surface area contributed by atoms with E-state index in [2.05, 4.69) is 4.72 Å². The molecule has 0 aliphatic heterocycles.